The molecule has 0 saturated heterocycles. The van der Waals surface area contributed by atoms with Crippen molar-refractivity contribution in [2.24, 2.45) is 0 Å². The number of benzene rings is 2. The van der Waals surface area contributed by atoms with Gasteiger partial charge in [0.1, 0.15) is 0 Å². The Morgan fingerprint density at radius 3 is 1.50 bits per heavy atom. The topological polar surface area (TPSA) is 44.0 Å². The van der Waals surface area contributed by atoms with Gasteiger partial charge in [-0.2, -0.15) is 0 Å². The minimum Gasteiger partial charge on any atom is -0.284 e. The van der Waals surface area contributed by atoms with E-state index in [1.807, 2.05) is 60.7 Å². The second kappa shape index (κ2) is 5.66. The first-order valence-corrected chi connectivity index (χ1v) is 7.63. The molecule has 0 spiro atoms. The monoisotopic (exact) mass is 314 g/mol. The molecule has 0 aliphatic carbocycles. The Morgan fingerprint density at radius 1 is 0.625 bits per heavy atom. The summed E-state index contributed by atoms with van der Waals surface area (Å²) in [5.41, 5.74) is 1.65. The number of allylic oxidation sites excluding steroid dienone is 2. The van der Waals surface area contributed by atoms with Crippen LogP contribution in [0.2, 0.25) is 0 Å². The summed E-state index contributed by atoms with van der Waals surface area (Å²) in [4.78, 5) is 24.7. The van der Waals surface area contributed by atoms with E-state index in [2.05, 4.69) is 0 Å². The van der Waals surface area contributed by atoms with E-state index in [0.29, 0.717) is 0 Å². The van der Waals surface area contributed by atoms with Gasteiger partial charge in [-0.25, -0.2) is 0 Å². The van der Waals surface area contributed by atoms with Crippen LogP contribution in [0.5, 0.6) is 0 Å². The van der Waals surface area contributed by atoms with Crippen molar-refractivity contribution in [1.82, 2.24) is 9.13 Å². The highest BCUT2D eigenvalue weighted by atomic mass is 16.2. The Bertz CT molecular complexity index is 1010. The van der Waals surface area contributed by atoms with E-state index in [1.54, 1.807) is 12.4 Å². The van der Waals surface area contributed by atoms with Crippen molar-refractivity contribution >= 4 is 33.6 Å². The minimum absolute atomic E-state index is 0.249. The highest BCUT2D eigenvalue weighted by molar-refractivity contribution is 6.04. The van der Waals surface area contributed by atoms with Crippen LogP contribution in [0.25, 0.3) is 21.8 Å². The van der Waals surface area contributed by atoms with Gasteiger partial charge < -0.3 is 0 Å². The van der Waals surface area contributed by atoms with E-state index in [9.17, 15) is 9.59 Å². The molecule has 0 aliphatic rings. The average Bonchev–Trinajstić information content (AvgIpc) is 3.23. The van der Waals surface area contributed by atoms with Gasteiger partial charge in [0.05, 0.1) is 11.0 Å². The summed E-state index contributed by atoms with van der Waals surface area (Å²) in [5, 5.41) is 1.98. The molecule has 4 aromatic rings. The van der Waals surface area contributed by atoms with Crippen molar-refractivity contribution in [2.75, 3.05) is 0 Å². The van der Waals surface area contributed by atoms with Gasteiger partial charge in [0.15, 0.2) is 0 Å². The van der Waals surface area contributed by atoms with Gasteiger partial charge >= 0.3 is 0 Å². The Hall–Kier alpha value is -3.40. The van der Waals surface area contributed by atoms with Gasteiger partial charge in [0, 0.05) is 35.3 Å². The van der Waals surface area contributed by atoms with E-state index in [0.717, 1.165) is 21.8 Å². The fraction of sp³-hybridized carbons (Fsp3) is 0. The molecule has 0 aliphatic heterocycles. The first-order valence-electron chi connectivity index (χ1n) is 7.63. The lowest BCUT2D eigenvalue weighted by Gasteiger charge is -2.01. The molecular formula is C20H14N2O2. The van der Waals surface area contributed by atoms with Crippen molar-refractivity contribution < 1.29 is 9.59 Å². The molecule has 4 nitrogen and oxygen atoms in total. The minimum atomic E-state index is -0.249. The number of para-hydroxylation sites is 2. The van der Waals surface area contributed by atoms with Crippen LogP contribution in [0.1, 0.15) is 9.59 Å². The van der Waals surface area contributed by atoms with Crippen LogP contribution in [-0.4, -0.2) is 20.9 Å². The third-order valence-electron chi connectivity index (χ3n) is 4.04. The Morgan fingerprint density at radius 2 is 1.04 bits per heavy atom. The number of rotatable bonds is 2. The molecule has 0 atom stereocenters. The van der Waals surface area contributed by atoms with Crippen LogP contribution in [-0.2, 0) is 0 Å². The fourth-order valence-electron chi connectivity index (χ4n) is 2.85. The van der Waals surface area contributed by atoms with Crippen LogP contribution in [0.3, 0.4) is 0 Å². The van der Waals surface area contributed by atoms with Crippen molar-refractivity contribution in [2.45, 2.75) is 0 Å². The molecule has 0 fully saturated rings. The molecular weight excluding hydrogens is 300 g/mol. The Labute approximate surface area is 138 Å². The van der Waals surface area contributed by atoms with Crippen molar-refractivity contribution in [1.29, 1.82) is 0 Å². The maximum Gasteiger partial charge on any atom is 0.255 e. The molecule has 0 unspecified atom stereocenters. The van der Waals surface area contributed by atoms with Crippen LogP contribution in [0.15, 0.2) is 85.2 Å². The van der Waals surface area contributed by atoms with Gasteiger partial charge in [-0.1, -0.05) is 36.4 Å². The first-order chi connectivity index (χ1) is 11.7. The number of carbonyl (C=O) groups excluding carboxylic acids is 2. The fourth-order valence-corrected chi connectivity index (χ4v) is 2.85. The van der Waals surface area contributed by atoms with Gasteiger partial charge in [0.25, 0.3) is 11.8 Å². The predicted molar refractivity (Wildman–Crippen MR) is 94.3 cm³/mol. The lowest BCUT2D eigenvalue weighted by molar-refractivity contribution is 0.0947. The van der Waals surface area contributed by atoms with E-state index < -0.39 is 0 Å². The molecule has 2 heterocycles. The lowest BCUT2D eigenvalue weighted by atomic mass is 10.2. The van der Waals surface area contributed by atoms with E-state index in [-0.39, 0.29) is 11.8 Å². The van der Waals surface area contributed by atoms with E-state index in [4.69, 9.17) is 0 Å². The molecule has 0 N–H and O–H groups in total. The molecule has 4 heteroatoms. The zero-order valence-electron chi connectivity index (χ0n) is 12.8. The second-order valence-electron chi connectivity index (χ2n) is 5.50. The molecule has 0 bridgehead atoms. The molecule has 4 rings (SSSR count). The number of hydrogen-bond donors (Lipinski definition) is 0. The average molecular weight is 314 g/mol. The van der Waals surface area contributed by atoms with Gasteiger partial charge in [-0.05, 0) is 24.3 Å². The van der Waals surface area contributed by atoms with E-state index in [1.165, 1.54) is 21.3 Å². The summed E-state index contributed by atoms with van der Waals surface area (Å²) in [6.45, 7) is 0. The zero-order valence-corrected chi connectivity index (χ0v) is 12.8. The van der Waals surface area contributed by atoms with Crippen LogP contribution >= 0.6 is 0 Å². The van der Waals surface area contributed by atoms with Crippen molar-refractivity contribution in [3.05, 3.63) is 85.2 Å². The summed E-state index contributed by atoms with van der Waals surface area (Å²) in [5.74, 6) is -0.498. The molecule has 2 aromatic carbocycles. The third kappa shape index (κ3) is 2.34. The quantitative estimate of drug-likeness (QED) is 0.522. The highest BCUT2D eigenvalue weighted by Crippen LogP contribution is 2.16. The summed E-state index contributed by atoms with van der Waals surface area (Å²) in [6.07, 6.45) is 6.05. The maximum absolute atomic E-state index is 12.4. The molecule has 0 amide bonds. The second-order valence-corrected chi connectivity index (χ2v) is 5.50. The number of hydrogen-bond acceptors (Lipinski definition) is 2. The number of aromatic nitrogens is 2. The number of carbonyl (C=O) groups is 2. The SMILES string of the molecule is O=C(/C=C\C(=O)n1ccc2ccccc21)n1ccc2ccccc21. The van der Waals surface area contributed by atoms with Crippen LogP contribution < -0.4 is 0 Å². The van der Waals surface area contributed by atoms with Crippen molar-refractivity contribution in [3.63, 3.8) is 0 Å². The van der Waals surface area contributed by atoms with Crippen molar-refractivity contribution in [3.8, 4) is 0 Å². The predicted octanol–water partition coefficient (Wildman–Crippen LogP) is 4.13. The molecule has 0 saturated carbocycles. The largest absolute Gasteiger partial charge is 0.284 e. The number of nitrogens with zero attached hydrogens (tertiary/aromatic N) is 2. The molecule has 2 aromatic heterocycles. The Balaban J connectivity index is 1.62. The maximum atomic E-state index is 12.4. The lowest BCUT2D eigenvalue weighted by Crippen LogP contribution is -2.09. The van der Waals surface area contributed by atoms with E-state index >= 15 is 0 Å². The highest BCUT2D eigenvalue weighted by Gasteiger charge is 2.08. The third-order valence-corrected chi connectivity index (χ3v) is 4.04. The summed E-state index contributed by atoms with van der Waals surface area (Å²) in [7, 11) is 0. The standard InChI is InChI=1S/C20H14N2O2/c23-19(21-13-11-15-5-1-3-7-17(15)21)9-10-20(24)22-14-12-16-6-2-4-8-18(16)22/h1-14H/b10-9-. The van der Waals surface area contributed by atoms with Crippen LogP contribution in [0, 0.1) is 0 Å². The first kappa shape index (κ1) is 14.2. The number of fused-ring (bicyclic) bond motifs is 2. The Kier molecular flexibility index (Phi) is 3.35. The molecule has 24 heavy (non-hydrogen) atoms. The van der Waals surface area contributed by atoms with Gasteiger partial charge in [0.2, 0.25) is 0 Å². The zero-order chi connectivity index (χ0) is 16.5. The molecule has 116 valence electrons. The van der Waals surface area contributed by atoms with Gasteiger partial charge in [-0.15, -0.1) is 0 Å². The summed E-state index contributed by atoms with van der Waals surface area (Å²) in [6, 6.07) is 19.0. The van der Waals surface area contributed by atoms with Gasteiger partial charge in [-0.3, -0.25) is 18.7 Å². The van der Waals surface area contributed by atoms with Crippen LogP contribution in [0.4, 0.5) is 0 Å². The molecule has 0 radical (unpaired) electrons. The normalized spacial score (nSPS) is 11.5. The summed E-state index contributed by atoms with van der Waals surface area (Å²) >= 11 is 0. The summed E-state index contributed by atoms with van der Waals surface area (Å²) < 4.78 is 3.07. The smallest absolute Gasteiger partial charge is 0.255 e.